The van der Waals surface area contributed by atoms with Crippen LogP contribution >= 0.6 is 22.9 Å². The average Bonchev–Trinajstić information content (AvgIpc) is 3.24. The van der Waals surface area contributed by atoms with Crippen LogP contribution in [-0.4, -0.2) is 34.0 Å². The number of methoxy groups -OCH3 is 2. The number of hydrogen-bond acceptors (Lipinski definition) is 6. The van der Waals surface area contributed by atoms with Crippen LogP contribution in [0.4, 0.5) is 0 Å². The smallest absolute Gasteiger partial charge is 0.234 e. The lowest BCUT2D eigenvalue weighted by molar-refractivity contribution is 0.354. The van der Waals surface area contributed by atoms with Gasteiger partial charge in [0.15, 0.2) is 17.3 Å². The molecule has 8 heteroatoms. The fourth-order valence-electron chi connectivity index (χ4n) is 2.65. The molecule has 132 valence electrons. The van der Waals surface area contributed by atoms with Crippen LogP contribution < -0.4 is 9.47 Å². The highest BCUT2D eigenvalue weighted by molar-refractivity contribution is 7.19. The maximum atomic E-state index is 5.95. The Morgan fingerprint density at radius 2 is 1.77 bits per heavy atom. The van der Waals surface area contributed by atoms with Gasteiger partial charge >= 0.3 is 0 Å². The van der Waals surface area contributed by atoms with Crippen molar-refractivity contribution in [3.05, 3.63) is 58.9 Å². The highest BCUT2D eigenvalue weighted by Crippen LogP contribution is 2.29. The van der Waals surface area contributed by atoms with Gasteiger partial charge in [0, 0.05) is 17.0 Å². The van der Waals surface area contributed by atoms with Crippen LogP contribution in [0.3, 0.4) is 0 Å². The predicted octanol–water partition coefficient (Wildman–Crippen LogP) is 4.11. The Kier molecular flexibility index (Phi) is 4.48. The van der Waals surface area contributed by atoms with Crippen LogP contribution in [0.1, 0.15) is 11.4 Å². The van der Waals surface area contributed by atoms with E-state index in [1.165, 1.54) is 11.3 Å². The summed E-state index contributed by atoms with van der Waals surface area (Å²) in [4.78, 5) is 0.755. The van der Waals surface area contributed by atoms with E-state index >= 15 is 0 Å². The Balaban J connectivity index is 1.66. The van der Waals surface area contributed by atoms with E-state index in [-0.39, 0.29) is 0 Å². The van der Waals surface area contributed by atoms with Gasteiger partial charge in [-0.2, -0.15) is 9.61 Å². The molecule has 0 aliphatic carbocycles. The maximum absolute atomic E-state index is 5.95. The molecule has 4 rings (SSSR count). The number of fused-ring (bicyclic) bond motifs is 1. The zero-order valence-electron chi connectivity index (χ0n) is 14.1. The van der Waals surface area contributed by atoms with Crippen molar-refractivity contribution in [2.24, 2.45) is 0 Å². The molecule has 0 aliphatic heterocycles. The molecule has 2 aromatic carbocycles. The lowest BCUT2D eigenvalue weighted by Gasteiger charge is -2.08. The van der Waals surface area contributed by atoms with E-state index in [4.69, 9.17) is 21.1 Å². The van der Waals surface area contributed by atoms with Gasteiger partial charge in [-0.05, 0) is 29.8 Å². The van der Waals surface area contributed by atoms with E-state index in [0.717, 1.165) is 26.9 Å². The van der Waals surface area contributed by atoms with Crippen LogP contribution in [0.25, 0.3) is 15.5 Å². The summed E-state index contributed by atoms with van der Waals surface area (Å²) in [6, 6.07) is 13.4. The van der Waals surface area contributed by atoms with Crippen molar-refractivity contribution in [3.63, 3.8) is 0 Å². The van der Waals surface area contributed by atoms with Crippen LogP contribution in [0.15, 0.2) is 42.5 Å². The number of benzene rings is 2. The van der Waals surface area contributed by atoms with E-state index in [0.29, 0.717) is 22.9 Å². The summed E-state index contributed by atoms with van der Waals surface area (Å²) in [5.74, 6) is 2.15. The van der Waals surface area contributed by atoms with Crippen molar-refractivity contribution in [3.8, 4) is 22.1 Å². The summed E-state index contributed by atoms with van der Waals surface area (Å²) in [5.41, 5.74) is 2.04. The fraction of sp³-hybridized carbons (Fsp3) is 0.167. The molecule has 2 aromatic heterocycles. The molecule has 26 heavy (non-hydrogen) atoms. The normalized spacial score (nSPS) is 11.0. The van der Waals surface area contributed by atoms with Crippen molar-refractivity contribution >= 4 is 27.9 Å². The summed E-state index contributed by atoms with van der Waals surface area (Å²) >= 11 is 7.45. The minimum absolute atomic E-state index is 0.589. The summed E-state index contributed by atoms with van der Waals surface area (Å²) in [5, 5.41) is 14.7. The van der Waals surface area contributed by atoms with Crippen LogP contribution in [-0.2, 0) is 6.42 Å². The number of hydrogen-bond donors (Lipinski definition) is 0. The minimum atomic E-state index is 0.589. The number of rotatable bonds is 5. The molecule has 0 atom stereocenters. The molecule has 0 saturated carbocycles. The van der Waals surface area contributed by atoms with Gasteiger partial charge < -0.3 is 9.47 Å². The minimum Gasteiger partial charge on any atom is -0.493 e. The largest absolute Gasteiger partial charge is 0.493 e. The first-order chi connectivity index (χ1) is 12.7. The highest BCUT2D eigenvalue weighted by atomic mass is 35.5. The Labute approximate surface area is 159 Å². The third-order valence-corrected chi connectivity index (χ3v) is 5.16. The van der Waals surface area contributed by atoms with Crippen LogP contribution in [0.2, 0.25) is 5.02 Å². The van der Waals surface area contributed by atoms with Gasteiger partial charge in [-0.3, -0.25) is 0 Å². The molecule has 0 fully saturated rings. The average molecular weight is 387 g/mol. The summed E-state index contributed by atoms with van der Waals surface area (Å²) < 4.78 is 12.4. The number of halogens is 1. The van der Waals surface area contributed by atoms with Crippen molar-refractivity contribution in [2.75, 3.05) is 14.2 Å². The van der Waals surface area contributed by atoms with E-state index in [2.05, 4.69) is 15.3 Å². The summed E-state index contributed by atoms with van der Waals surface area (Å²) in [7, 11) is 3.24. The second-order valence-electron chi connectivity index (χ2n) is 5.59. The van der Waals surface area contributed by atoms with Gasteiger partial charge in [-0.25, -0.2) is 0 Å². The summed E-state index contributed by atoms with van der Waals surface area (Å²) in [6.45, 7) is 0. The van der Waals surface area contributed by atoms with Crippen molar-refractivity contribution in [2.45, 2.75) is 6.42 Å². The molecule has 0 spiro atoms. The molecule has 4 aromatic rings. The first-order valence-corrected chi connectivity index (χ1v) is 9.05. The van der Waals surface area contributed by atoms with Gasteiger partial charge in [-0.15, -0.1) is 10.2 Å². The predicted molar refractivity (Wildman–Crippen MR) is 101 cm³/mol. The third-order valence-electron chi connectivity index (χ3n) is 3.96. The first-order valence-electron chi connectivity index (χ1n) is 7.86. The first kappa shape index (κ1) is 16.8. The number of nitrogens with zero attached hydrogens (tertiary/aromatic N) is 4. The lowest BCUT2D eigenvalue weighted by Crippen LogP contribution is -1.99. The monoisotopic (exact) mass is 386 g/mol. The quantitative estimate of drug-likeness (QED) is 0.516. The molecule has 0 bridgehead atoms. The molecule has 0 N–H and O–H groups in total. The Hall–Kier alpha value is -2.64. The fourth-order valence-corrected chi connectivity index (χ4v) is 3.64. The lowest BCUT2D eigenvalue weighted by atomic mass is 10.1. The molecule has 6 nitrogen and oxygen atoms in total. The highest BCUT2D eigenvalue weighted by Gasteiger charge is 2.14. The third kappa shape index (κ3) is 3.11. The van der Waals surface area contributed by atoms with E-state index in [1.807, 2.05) is 42.5 Å². The summed E-state index contributed by atoms with van der Waals surface area (Å²) in [6.07, 6.45) is 0.589. The second-order valence-corrected chi connectivity index (χ2v) is 6.98. The van der Waals surface area contributed by atoms with E-state index in [9.17, 15) is 0 Å². The second kappa shape index (κ2) is 6.93. The molecule has 0 radical (unpaired) electrons. The van der Waals surface area contributed by atoms with Gasteiger partial charge in [0.1, 0.15) is 5.01 Å². The number of aromatic nitrogens is 4. The Bertz CT molecular complexity index is 1060. The van der Waals surface area contributed by atoms with Gasteiger partial charge in [-0.1, -0.05) is 41.1 Å². The molecule has 2 heterocycles. The van der Waals surface area contributed by atoms with Crippen molar-refractivity contribution in [1.29, 1.82) is 0 Å². The van der Waals surface area contributed by atoms with Gasteiger partial charge in [0.05, 0.1) is 14.2 Å². The SMILES string of the molecule is COc1ccc(Cc2nnc3sc(-c4ccc(Cl)cc4)nn23)cc1OC. The van der Waals surface area contributed by atoms with E-state index in [1.54, 1.807) is 18.7 Å². The molecular formula is C18H15ClN4O2S. The zero-order chi connectivity index (χ0) is 18.1. The molecule has 0 amide bonds. The number of ether oxygens (including phenoxy) is 2. The topological polar surface area (TPSA) is 61.5 Å². The Morgan fingerprint density at radius 3 is 2.50 bits per heavy atom. The molecule has 0 saturated heterocycles. The molecule has 0 aliphatic rings. The standard InChI is InChI=1S/C18H15ClN4O2S/c1-24-14-8-3-11(9-15(14)25-2)10-16-20-21-18-23(16)22-17(26-18)12-4-6-13(19)7-5-12/h3-9H,10H2,1-2H3. The van der Waals surface area contributed by atoms with Gasteiger partial charge in [0.25, 0.3) is 0 Å². The van der Waals surface area contributed by atoms with Gasteiger partial charge in [0.2, 0.25) is 4.96 Å². The van der Waals surface area contributed by atoms with Crippen LogP contribution in [0, 0.1) is 0 Å². The Morgan fingerprint density at radius 1 is 1.00 bits per heavy atom. The zero-order valence-corrected chi connectivity index (χ0v) is 15.7. The van der Waals surface area contributed by atoms with Crippen molar-refractivity contribution in [1.82, 2.24) is 19.8 Å². The maximum Gasteiger partial charge on any atom is 0.234 e. The van der Waals surface area contributed by atoms with Crippen LogP contribution in [0.5, 0.6) is 11.5 Å². The molecular weight excluding hydrogens is 372 g/mol. The van der Waals surface area contributed by atoms with Crippen molar-refractivity contribution < 1.29 is 9.47 Å². The van der Waals surface area contributed by atoms with E-state index < -0.39 is 0 Å². The molecule has 0 unspecified atom stereocenters.